The van der Waals surface area contributed by atoms with E-state index in [2.05, 4.69) is 26.1 Å². The van der Waals surface area contributed by atoms with Crippen LogP contribution in [0.3, 0.4) is 0 Å². The maximum Gasteiger partial charge on any atom is 0.389 e. The second kappa shape index (κ2) is 8.12. The lowest BCUT2D eigenvalue weighted by molar-refractivity contribution is -0.138. The summed E-state index contributed by atoms with van der Waals surface area (Å²) in [6, 6.07) is 3.28. The van der Waals surface area contributed by atoms with Crippen molar-refractivity contribution in [3.8, 4) is 11.5 Å². The van der Waals surface area contributed by atoms with Crippen LogP contribution in [0.25, 0.3) is 0 Å². The Bertz CT molecular complexity index is 568. The predicted molar refractivity (Wildman–Crippen MR) is 90.0 cm³/mol. The molecule has 9 heteroatoms. The molecule has 1 atom stereocenters. The fourth-order valence-electron chi connectivity index (χ4n) is 3.02. The van der Waals surface area contributed by atoms with Gasteiger partial charge in [0, 0.05) is 43.1 Å². The van der Waals surface area contributed by atoms with Gasteiger partial charge in [-0.15, -0.1) is 12.4 Å². The minimum atomic E-state index is -4.16. The van der Waals surface area contributed by atoms with E-state index in [4.69, 9.17) is 9.47 Å². The minimum Gasteiger partial charge on any atom is -0.454 e. The molecule has 1 saturated heterocycles. The number of piperazine rings is 1. The van der Waals surface area contributed by atoms with E-state index in [1.165, 1.54) is 0 Å². The molecular formula is C15H19BrClF3N2O2. The summed E-state index contributed by atoms with van der Waals surface area (Å²) in [6.07, 6.45) is -4.93. The lowest BCUT2D eigenvalue weighted by Crippen LogP contribution is -2.45. The van der Waals surface area contributed by atoms with E-state index in [1.54, 1.807) is 12.1 Å². The van der Waals surface area contributed by atoms with Crippen LogP contribution >= 0.6 is 28.3 Å². The van der Waals surface area contributed by atoms with E-state index in [1.807, 2.05) is 0 Å². The molecule has 0 bridgehead atoms. The molecule has 3 rings (SSSR count). The number of benzene rings is 1. The zero-order valence-electron chi connectivity index (χ0n) is 12.9. The number of rotatable bonds is 4. The van der Waals surface area contributed by atoms with Crippen LogP contribution in [0.5, 0.6) is 11.5 Å². The number of halogens is 5. The van der Waals surface area contributed by atoms with Crippen molar-refractivity contribution in [1.29, 1.82) is 0 Å². The predicted octanol–water partition coefficient (Wildman–Crippen LogP) is 3.89. The molecule has 0 radical (unpaired) electrons. The van der Waals surface area contributed by atoms with Crippen LogP contribution in [0.4, 0.5) is 13.2 Å². The van der Waals surface area contributed by atoms with Crippen molar-refractivity contribution in [3.63, 3.8) is 0 Å². The zero-order valence-corrected chi connectivity index (χ0v) is 15.3. The summed E-state index contributed by atoms with van der Waals surface area (Å²) < 4.78 is 49.7. The highest BCUT2D eigenvalue weighted by Crippen LogP contribution is 2.42. The standard InChI is InChI=1S/C15H18BrF3N2O2.ClH/c16-11-8-14-13(22-9-23-14)7-10(11)12(1-2-15(17,18)19)21-5-3-20-4-6-21;/h7-8,12,20H,1-6,9H2;1H/t12-;/m1./s1. The Labute approximate surface area is 153 Å². The molecule has 136 valence electrons. The van der Waals surface area contributed by atoms with Crippen LogP contribution in [-0.4, -0.2) is 44.0 Å². The van der Waals surface area contributed by atoms with Gasteiger partial charge in [0.25, 0.3) is 0 Å². The van der Waals surface area contributed by atoms with Crippen molar-refractivity contribution in [3.05, 3.63) is 22.2 Å². The van der Waals surface area contributed by atoms with Crippen molar-refractivity contribution in [1.82, 2.24) is 10.2 Å². The lowest BCUT2D eigenvalue weighted by atomic mass is 9.98. The van der Waals surface area contributed by atoms with Gasteiger partial charge in [-0.25, -0.2) is 0 Å². The van der Waals surface area contributed by atoms with Crippen LogP contribution in [0.15, 0.2) is 16.6 Å². The molecule has 0 aliphatic carbocycles. The summed E-state index contributed by atoms with van der Waals surface area (Å²) in [7, 11) is 0. The maximum atomic E-state index is 12.7. The largest absolute Gasteiger partial charge is 0.454 e. The van der Waals surface area contributed by atoms with Crippen LogP contribution < -0.4 is 14.8 Å². The molecule has 0 aromatic heterocycles. The topological polar surface area (TPSA) is 33.7 Å². The fourth-order valence-corrected chi connectivity index (χ4v) is 3.60. The zero-order chi connectivity index (χ0) is 16.4. The number of hydrogen-bond acceptors (Lipinski definition) is 4. The van der Waals surface area contributed by atoms with E-state index in [9.17, 15) is 13.2 Å². The van der Waals surface area contributed by atoms with Crippen LogP contribution in [0, 0.1) is 0 Å². The first kappa shape index (κ1) is 19.6. The molecular weight excluding hydrogens is 413 g/mol. The Kier molecular flexibility index (Phi) is 6.64. The molecule has 24 heavy (non-hydrogen) atoms. The van der Waals surface area contributed by atoms with E-state index in [-0.39, 0.29) is 31.7 Å². The molecule has 1 aromatic rings. The Hall–Kier alpha value is -0.700. The molecule has 4 nitrogen and oxygen atoms in total. The molecule has 0 amide bonds. The summed E-state index contributed by atoms with van der Waals surface area (Å²) in [5.74, 6) is 1.21. The van der Waals surface area contributed by atoms with E-state index >= 15 is 0 Å². The fraction of sp³-hybridized carbons (Fsp3) is 0.600. The van der Waals surface area contributed by atoms with Crippen molar-refractivity contribution in [2.24, 2.45) is 0 Å². The van der Waals surface area contributed by atoms with Gasteiger partial charge in [0.1, 0.15) is 0 Å². The monoisotopic (exact) mass is 430 g/mol. The molecule has 1 aromatic carbocycles. The van der Waals surface area contributed by atoms with Crippen LogP contribution in [0.2, 0.25) is 0 Å². The number of fused-ring (bicyclic) bond motifs is 1. The van der Waals surface area contributed by atoms with E-state index in [0.29, 0.717) is 11.5 Å². The Morgan fingerprint density at radius 2 is 1.79 bits per heavy atom. The van der Waals surface area contributed by atoms with Gasteiger partial charge in [0.2, 0.25) is 6.79 Å². The average Bonchev–Trinajstić information content (AvgIpc) is 2.94. The maximum absolute atomic E-state index is 12.7. The average molecular weight is 432 g/mol. The SMILES string of the molecule is Cl.FC(F)(F)CC[C@H](c1cc2c(cc1Br)OCO2)N1CCNCC1. The summed E-state index contributed by atoms with van der Waals surface area (Å²) in [6.45, 7) is 3.16. The Balaban J connectivity index is 0.00000208. The third-order valence-electron chi connectivity index (χ3n) is 4.14. The number of ether oxygens (including phenoxy) is 2. The third kappa shape index (κ3) is 4.68. The smallest absolute Gasteiger partial charge is 0.389 e. The van der Waals surface area contributed by atoms with Gasteiger partial charge >= 0.3 is 6.18 Å². The summed E-state index contributed by atoms with van der Waals surface area (Å²) in [4.78, 5) is 2.10. The van der Waals surface area contributed by atoms with Gasteiger partial charge in [0.15, 0.2) is 11.5 Å². The number of nitrogens with zero attached hydrogens (tertiary/aromatic N) is 1. The molecule has 2 aliphatic rings. The minimum absolute atomic E-state index is 0. The highest BCUT2D eigenvalue weighted by Gasteiger charge is 2.33. The third-order valence-corrected chi connectivity index (χ3v) is 4.83. The van der Waals surface area contributed by atoms with Crippen LogP contribution in [-0.2, 0) is 0 Å². The molecule has 0 unspecified atom stereocenters. The van der Waals surface area contributed by atoms with Gasteiger partial charge in [-0.05, 0) is 24.1 Å². The quantitative estimate of drug-likeness (QED) is 0.784. The summed E-state index contributed by atoms with van der Waals surface area (Å²) in [5.41, 5.74) is 0.820. The van der Waals surface area contributed by atoms with E-state index < -0.39 is 12.6 Å². The molecule has 0 spiro atoms. The molecule has 1 N–H and O–H groups in total. The van der Waals surface area contributed by atoms with Crippen molar-refractivity contribution in [2.45, 2.75) is 25.1 Å². The van der Waals surface area contributed by atoms with Crippen molar-refractivity contribution in [2.75, 3.05) is 33.0 Å². The molecule has 2 heterocycles. The van der Waals surface area contributed by atoms with Crippen LogP contribution in [0.1, 0.15) is 24.4 Å². The normalized spacial score (nSPS) is 19.0. The van der Waals surface area contributed by atoms with Gasteiger partial charge in [0.05, 0.1) is 0 Å². The second-order valence-corrected chi connectivity index (χ2v) is 6.54. The number of alkyl halides is 3. The van der Waals surface area contributed by atoms with Gasteiger partial charge in [-0.1, -0.05) is 15.9 Å². The molecule has 0 saturated carbocycles. The van der Waals surface area contributed by atoms with Gasteiger partial charge < -0.3 is 14.8 Å². The van der Waals surface area contributed by atoms with Crippen molar-refractivity contribution >= 4 is 28.3 Å². The second-order valence-electron chi connectivity index (χ2n) is 5.68. The first-order chi connectivity index (χ1) is 10.9. The first-order valence-corrected chi connectivity index (χ1v) is 8.34. The molecule has 2 aliphatic heterocycles. The highest BCUT2D eigenvalue weighted by molar-refractivity contribution is 9.10. The molecule has 1 fully saturated rings. The number of hydrogen-bond donors (Lipinski definition) is 1. The van der Waals surface area contributed by atoms with Gasteiger partial charge in [-0.2, -0.15) is 13.2 Å². The van der Waals surface area contributed by atoms with E-state index in [0.717, 1.165) is 36.2 Å². The number of nitrogens with one attached hydrogen (secondary N) is 1. The highest BCUT2D eigenvalue weighted by atomic mass is 79.9. The summed E-state index contributed by atoms with van der Waals surface area (Å²) in [5, 5.41) is 3.23. The van der Waals surface area contributed by atoms with Crippen molar-refractivity contribution < 1.29 is 22.6 Å². The Morgan fingerprint density at radius 3 is 2.42 bits per heavy atom. The Morgan fingerprint density at radius 1 is 1.17 bits per heavy atom. The first-order valence-electron chi connectivity index (χ1n) is 7.54. The lowest BCUT2D eigenvalue weighted by Gasteiger charge is -2.36. The van der Waals surface area contributed by atoms with Gasteiger partial charge in [-0.3, -0.25) is 4.90 Å². The summed E-state index contributed by atoms with van der Waals surface area (Å²) >= 11 is 3.48.